The zero-order valence-electron chi connectivity index (χ0n) is 8.17. The maximum atomic E-state index is 11.2. The van der Waals surface area contributed by atoms with Crippen molar-refractivity contribution in [2.45, 2.75) is 13.5 Å². The third-order valence-corrected chi connectivity index (χ3v) is 3.56. The summed E-state index contributed by atoms with van der Waals surface area (Å²) in [6, 6.07) is 1.93. The predicted octanol–water partition coefficient (Wildman–Crippen LogP) is 1.26. The quantitative estimate of drug-likeness (QED) is 0.877. The van der Waals surface area contributed by atoms with Gasteiger partial charge in [-0.2, -0.15) is 0 Å². The van der Waals surface area contributed by atoms with Crippen molar-refractivity contribution in [3.8, 4) is 0 Å². The van der Waals surface area contributed by atoms with Gasteiger partial charge < -0.3 is 10.6 Å². The Morgan fingerprint density at radius 2 is 2.20 bits per heavy atom. The first-order valence-electron chi connectivity index (χ1n) is 4.32. The number of thiophene rings is 1. The summed E-state index contributed by atoms with van der Waals surface area (Å²) in [4.78, 5) is 22.8. The van der Waals surface area contributed by atoms with Crippen LogP contribution in [0.25, 0.3) is 0 Å². The molecule has 1 heterocycles. The van der Waals surface area contributed by atoms with Crippen molar-refractivity contribution in [1.29, 1.82) is 0 Å². The molecule has 1 aromatic rings. The number of halogens is 1. The van der Waals surface area contributed by atoms with Crippen molar-refractivity contribution in [3.05, 3.63) is 20.8 Å². The maximum Gasteiger partial charge on any atom is 0.239 e. The number of hydrogen-bond donors (Lipinski definition) is 2. The van der Waals surface area contributed by atoms with Crippen molar-refractivity contribution in [1.82, 2.24) is 10.6 Å². The molecule has 15 heavy (non-hydrogen) atoms. The van der Waals surface area contributed by atoms with Gasteiger partial charge in [0, 0.05) is 16.3 Å². The molecule has 0 aromatic carbocycles. The van der Waals surface area contributed by atoms with Gasteiger partial charge in [0.2, 0.25) is 11.8 Å². The molecule has 82 valence electrons. The van der Waals surface area contributed by atoms with Gasteiger partial charge in [0.15, 0.2) is 0 Å². The molecule has 0 spiro atoms. The largest absolute Gasteiger partial charge is 0.350 e. The van der Waals surface area contributed by atoms with E-state index in [2.05, 4.69) is 26.6 Å². The van der Waals surface area contributed by atoms with E-state index >= 15 is 0 Å². The molecule has 0 radical (unpaired) electrons. The van der Waals surface area contributed by atoms with Gasteiger partial charge in [0.25, 0.3) is 0 Å². The summed E-state index contributed by atoms with van der Waals surface area (Å²) in [7, 11) is 0. The molecule has 0 saturated heterocycles. The van der Waals surface area contributed by atoms with E-state index in [9.17, 15) is 9.59 Å². The molecule has 0 atom stereocenters. The third-order valence-electron chi connectivity index (χ3n) is 1.64. The van der Waals surface area contributed by atoms with Gasteiger partial charge in [0.1, 0.15) is 0 Å². The smallest absolute Gasteiger partial charge is 0.239 e. The second-order valence-corrected chi connectivity index (χ2v) is 4.73. The molecule has 2 amide bonds. The van der Waals surface area contributed by atoms with E-state index in [0.717, 1.165) is 9.35 Å². The van der Waals surface area contributed by atoms with Crippen LogP contribution in [-0.4, -0.2) is 18.4 Å². The number of nitrogens with one attached hydrogen (secondary N) is 2. The Kier molecular flexibility index (Phi) is 4.77. The monoisotopic (exact) mass is 290 g/mol. The van der Waals surface area contributed by atoms with E-state index in [1.54, 1.807) is 11.3 Å². The summed E-state index contributed by atoms with van der Waals surface area (Å²) < 4.78 is 0.993. The molecular formula is C9H11BrN2O2S. The lowest BCUT2D eigenvalue weighted by Gasteiger charge is -2.04. The van der Waals surface area contributed by atoms with Gasteiger partial charge in [-0.1, -0.05) is 0 Å². The summed E-state index contributed by atoms with van der Waals surface area (Å²) in [5.41, 5.74) is 0. The minimum Gasteiger partial charge on any atom is -0.350 e. The van der Waals surface area contributed by atoms with E-state index in [4.69, 9.17) is 0 Å². The van der Waals surface area contributed by atoms with Crippen molar-refractivity contribution in [2.24, 2.45) is 0 Å². The number of rotatable bonds is 4. The van der Waals surface area contributed by atoms with Gasteiger partial charge in [-0.15, -0.1) is 11.3 Å². The molecule has 1 rings (SSSR count). The van der Waals surface area contributed by atoms with Gasteiger partial charge >= 0.3 is 0 Å². The molecule has 0 unspecified atom stereocenters. The lowest BCUT2D eigenvalue weighted by molar-refractivity contribution is -0.125. The van der Waals surface area contributed by atoms with Crippen LogP contribution < -0.4 is 10.6 Å². The van der Waals surface area contributed by atoms with Crippen molar-refractivity contribution < 1.29 is 9.59 Å². The van der Waals surface area contributed by atoms with Crippen molar-refractivity contribution >= 4 is 39.1 Å². The average Bonchev–Trinajstić information content (AvgIpc) is 2.58. The number of hydrogen-bond acceptors (Lipinski definition) is 3. The summed E-state index contributed by atoms with van der Waals surface area (Å²) in [5.74, 6) is -0.395. The summed E-state index contributed by atoms with van der Waals surface area (Å²) in [5, 5.41) is 7.08. The van der Waals surface area contributed by atoms with Gasteiger partial charge in [-0.3, -0.25) is 9.59 Å². The fraction of sp³-hybridized carbons (Fsp3) is 0.333. The summed E-state index contributed by atoms with van der Waals surface area (Å²) in [6.45, 7) is 1.89. The minimum absolute atomic E-state index is 0.0261. The Bertz CT molecular complexity index is 365. The van der Waals surface area contributed by atoms with Gasteiger partial charge in [-0.25, -0.2) is 0 Å². The lowest BCUT2D eigenvalue weighted by atomic mass is 10.4. The molecule has 6 heteroatoms. The molecule has 0 aliphatic carbocycles. The van der Waals surface area contributed by atoms with E-state index in [1.165, 1.54) is 6.92 Å². The molecule has 0 aliphatic heterocycles. The highest BCUT2D eigenvalue weighted by Crippen LogP contribution is 2.21. The SMILES string of the molecule is CC(=O)NCC(=O)NCc1sccc1Br. The fourth-order valence-electron chi connectivity index (χ4n) is 0.897. The maximum absolute atomic E-state index is 11.2. The van der Waals surface area contributed by atoms with E-state index in [-0.39, 0.29) is 18.4 Å². The molecular weight excluding hydrogens is 280 g/mol. The normalized spacial score (nSPS) is 9.73. The first-order chi connectivity index (χ1) is 7.09. The van der Waals surface area contributed by atoms with Crippen LogP contribution in [0.2, 0.25) is 0 Å². The Morgan fingerprint density at radius 1 is 1.47 bits per heavy atom. The number of amides is 2. The van der Waals surface area contributed by atoms with Crippen LogP contribution in [0.4, 0.5) is 0 Å². The molecule has 0 fully saturated rings. The molecule has 2 N–H and O–H groups in total. The highest BCUT2D eigenvalue weighted by Gasteiger charge is 2.04. The first-order valence-corrected chi connectivity index (χ1v) is 6.00. The topological polar surface area (TPSA) is 58.2 Å². The molecule has 0 aliphatic rings. The van der Waals surface area contributed by atoms with Crippen LogP contribution in [0.3, 0.4) is 0 Å². The Morgan fingerprint density at radius 3 is 2.73 bits per heavy atom. The van der Waals surface area contributed by atoms with Gasteiger partial charge in [0.05, 0.1) is 13.1 Å². The second-order valence-electron chi connectivity index (χ2n) is 2.88. The third kappa shape index (κ3) is 4.44. The molecule has 1 aromatic heterocycles. The molecule has 0 bridgehead atoms. The Labute approximate surface area is 100 Å². The van der Waals surface area contributed by atoms with E-state index in [1.807, 2.05) is 11.4 Å². The summed E-state index contributed by atoms with van der Waals surface area (Å²) >= 11 is 4.93. The second kappa shape index (κ2) is 5.87. The predicted molar refractivity (Wildman–Crippen MR) is 62.5 cm³/mol. The van der Waals surface area contributed by atoms with Crippen molar-refractivity contribution in [3.63, 3.8) is 0 Å². The fourth-order valence-corrected chi connectivity index (χ4v) is 2.33. The van der Waals surface area contributed by atoms with Crippen LogP contribution in [0, 0.1) is 0 Å². The van der Waals surface area contributed by atoms with E-state index in [0.29, 0.717) is 6.54 Å². The lowest BCUT2D eigenvalue weighted by Crippen LogP contribution is -2.35. The standard InChI is InChI=1S/C9H11BrN2O2S/c1-6(13)11-5-9(14)12-4-8-7(10)2-3-15-8/h2-3H,4-5H2,1H3,(H,11,13)(H,12,14). The van der Waals surface area contributed by atoms with Crippen LogP contribution in [-0.2, 0) is 16.1 Å². The average molecular weight is 291 g/mol. The highest BCUT2D eigenvalue weighted by molar-refractivity contribution is 9.10. The number of carbonyl (C=O) groups excluding carboxylic acids is 2. The summed E-state index contributed by atoms with van der Waals surface area (Å²) in [6.07, 6.45) is 0. The zero-order valence-corrected chi connectivity index (χ0v) is 10.6. The van der Waals surface area contributed by atoms with Crippen LogP contribution in [0.1, 0.15) is 11.8 Å². The Hall–Kier alpha value is -0.880. The number of carbonyl (C=O) groups is 2. The van der Waals surface area contributed by atoms with Crippen LogP contribution in [0.5, 0.6) is 0 Å². The first kappa shape index (κ1) is 12.2. The van der Waals surface area contributed by atoms with Crippen LogP contribution >= 0.6 is 27.3 Å². The highest BCUT2D eigenvalue weighted by atomic mass is 79.9. The van der Waals surface area contributed by atoms with Crippen LogP contribution in [0.15, 0.2) is 15.9 Å². The zero-order chi connectivity index (χ0) is 11.3. The molecule has 4 nitrogen and oxygen atoms in total. The minimum atomic E-state index is -0.206. The van der Waals surface area contributed by atoms with E-state index < -0.39 is 0 Å². The Balaban J connectivity index is 2.28. The van der Waals surface area contributed by atoms with Gasteiger partial charge in [-0.05, 0) is 27.4 Å². The van der Waals surface area contributed by atoms with Crippen molar-refractivity contribution in [2.75, 3.05) is 6.54 Å². The molecule has 0 saturated carbocycles.